The molecule has 1 saturated carbocycles. The van der Waals surface area contributed by atoms with Gasteiger partial charge in [-0.2, -0.15) is 0 Å². The number of fused-ring (bicyclic) bond motifs is 2. The summed E-state index contributed by atoms with van der Waals surface area (Å²) in [6, 6.07) is 10.6. The van der Waals surface area contributed by atoms with Crippen molar-refractivity contribution in [1.82, 2.24) is 19.5 Å². The van der Waals surface area contributed by atoms with E-state index in [1.54, 1.807) is 7.11 Å². The maximum absolute atomic E-state index is 6.39. The van der Waals surface area contributed by atoms with Crippen molar-refractivity contribution in [2.24, 2.45) is 0 Å². The molecule has 1 fully saturated rings. The Bertz CT molecular complexity index is 1270. The lowest BCUT2D eigenvalue weighted by Gasteiger charge is -2.28. The van der Waals surface area contributed by atoms with Crippen molar-refractivity contribution in [2.75, 3.05) is 7.11 Å². The van der Waals surface area contributed by atoms with Gasteiger partial charge in [0.2, 0.25) is 0 Å². The second kappa shape index (κ2) is 7.62. The Balaban J connectivity index is 1.28. The van der Waals surface area contributed by atoms with Crippen LogP contribution in [0.4, 0.5) is 0 Å². The Morgan fingerprint density at radius 2 is 1.91 bits per heavy atom. The number of imidazole rings is 1. The summed E-state index contributed by atoms with van der Waals surface area (Å²) in [6.45, 7) is 2.69. The average molecular weight is 427 g/mol. The van der Waals surface area contributed by atoms with Crippen LogP contribution in [-0.2, 0) is 13.0 Å². The van der Waals surface area contributed by atoms with Crippen LogP contribution in [0.1, 0.15) is 59.2 Å². The Morgan fingerprint density at radius 1 is 1.03 bits per heavy atom. The van der Waals surface area contributed by atoms with Crippen molar-refractivity contribution in [2.45, 2.75) is 51.2 Å². The van der Waals surface area contributed by atoms with Gasteiger partial charge in [0.15, 0.2) is 17.1 Å². The van der Waals surface area contributed by atoms with Crippen molar-refractivity contribution in [3.8, 4) is 11.5 Å². The van der Waals surface area contributed by atoms with Gasteiger partial charge in [-0.05, 0) is 73.4 Å². The lowest BCUT2D eigenvalue weighted by atomic mass is 9.96. The number of benzene rings is 1. The molecule has 1 aliphatic heterocycles. The number of nitrogens with zero attached hydrogens (tertiary/aromatic N) is 4. The molecule has 1 unspecified atom stereocenters. The first kappa shape index (κ1) is 19.3. The minimum atomic E-state index is -0.00203. The van der Waals surface area contributed by atoms with Crippen molar-refractivity contribution in [1.29, 1.82) is 0 Å². The zero-order chi connectivity index (χ0) is 21.7. The van der Waals surface area contributed by atoms with E-state index in [2.05, 4.69) is 38.8 Å². The van der Waals surface area contributed by atoms with Gasteiger partial charge in [0.1, 0.15) is 11.6 Å². The number of aromatic nitrogens is 4. The zero-order valence-electron chi connectivity index (χ0n) is 18.4. The number of pyridine rings is 2. The molecule has 6 rings (SSSR count). The quantitative estimate of drug-likeness (QED) is 0.442. The van der Waals surface area contributed by atoms with Gasteiger partial charge in [-0.1, -0.05) is 12.1 Å². The summed E-state index contributed by atoms with van der Waals surface area (Å²) in [7, 11) is 1.70. The van der Waals surface area contributed by atoms with Gasteiger partial charge < -0.3 is 14.0 Å². The second-order valence-corrected chi connectivity index (χ2v) is 8.92. The molecule has 4 aromatic rings. The fraction of sp³-hybridized carbons (Fsp3) is 0.346. The van der Waals surface area contributed by atoms with E-state index in [4.69, 9.17) is 14.5 Å². The SMILES string of the molecule is COc1cc(Cn2cnc3cc(C4CC4)cnc32)cc2c1OC(c1ccc(C)nc1)CC2. The Morgan fingerprint density at radius 3 is 2.69 bits per heavy atom. The van der Waals surface area contributed by atoms with Crippen molar-refractivity contribution >= 4 is 11.2 Å². The largest absolute Gasteiger partial charge is 0.493 e. The smallest absolute Gasteiger partial charge is 0.165 e. The van der Waals surface area contributed by atoms with Crippen molar-refractivity contribution in [3.05, 3.63) is 77.0 Å². The van der Waals surface area contributed by atoms with Crippen LogP contribution in [0.5, 0.6) is 11.5 Å². The predicted octanol–water partition coefficient (Wildman–Crippen LogP) is 5.14. The molecule has 0 spiro atoms. The van der Waals surface area contributed by atoms with Gasteiger partial charge in [-0.25, -0.2) is 9.97 Å². The first-order chi connectivity index (χ1) is 15.7. The van der Waals surface area contributed by atoms with Crippen LogP contribution in [0.2, 0.25) is 0 Å². The van der Waals surface area contributed by atoms with Crippen LogP contribution in [0.25, 0.3) is 11.2 Å². The van der Waals surface area contributed by atoms with E-state index >= 15 is 0 Å². The summed E-state index contributed by atoms with van der Waals surface area (Å²) in [5.41, 5.74) is 7.67. The van der Waals surface area contributed by atoms with E-state index in [9.17, 15) is 0 Å². The fourth-order valence-corrected chi connectivity index (χ4v) is 4.59. The second-order valence-electron chi connectivity index (χ2n) is 8.92. The van der Waals surface area contributed by atoms with Crippen LogP contribution in [0, 0.1) is 6.92 Å². The van der Waals surface area contributed by atoms with E-state index in [0.717, 1.165) is 52.3 Å². The number of methoxy groups -OCH3 is 1. The standard InChI is InChI=1S/C26H26N4O2/c1-16-3-4-20(12-27-16)23-8-7-19-9-17(10-24(31-2)25(19)32-23)14-30-15-29-22-11-21(18-5-6-18)13-28-26(22)30/h3-4,9-13,15,18,23H,5-8,14H2,1-2H3. The van der Waals surface area contributed by atoms with Gasteiger partial charge in [-0.3, -0.25) is 4.98 Å². The third kappa shape index (κ3) is 3.49. The van der Waals surface area contributed by atoms with Gasteiger partial charge in [0, 0.05) is 23.7 Å². The molecule has 0 saturated heterocycles. The molecule has 1 atom stereocenters. The van der Waals surface area contributed by atoms with Gasteiger partial charge >= 0.3 is 0 Å². The van der Waals surface area contributed by atoms with E-state index in [1.165, 1.54) is 24.0 Å². The summed E-state index contributed by atoms with van der Waals surface area (Å²) in [5, 5.41) is 0. The van der Waals surface area contributed by atoms with Gasteiger partial charge in [-0.15, -0.1) is 0 Å². The molecule has 0 amide bonds. The van der Waals surface area contributed by atoms with Crippen molar-refractivity contribution in [3.63, 3.8) is 0 Å². The molecular formula is C26H26N4O2. The molecule has 3 aromatic heterocycles. The van der Waals surface area contributed by atoms with E-state index in [0.29, 0.717) is 12.5 Å². The molecule has 6 nitrogen and oxygen atoms in total. The first-order valence-corrected chi connectivity index (χ1v) is 11.3. The predicted molar refractivity (Wildman–Crippen MR) is 122 cm³/mol. The van der Waals surface area contributed by atoms with E-state index in [-0.39, 0.29) is 6.10 Å². The average Bonchev–Trinajstić information content (AvgIpc) is 3.60. The molecule has 162 valence electrons. The van der Waals surface area contributed by atoms with Crippen LogP contribution in [0.3, 0.4) is 0 Å². The van der Waals surface area contributed by atoms with E-state index in [1.807, 2.05) is 31.7 Å². The molecular weight excluding hydrogens is 400 g/mol. The third-order valence-corrected chi connectivity index (χ3v) is 6.53. The molecule has 32 heavy (non-hydrogen) atoms. The van der Waals surface area contributed by atoms with E-state index < -0.39 is 0 Å². The summed E-state index contributed by atoms with van der Waals surface area (Å²) in [6.07, 6.45) is 10.2. The normalized spacial score (nSPS) is 17.8. The first-order valence-electron chi connectivity index (χ1n) is 11.3. The Kier molecular flexibility index (Phi) is 4.59. The maximum atomic E-state index is 6.39. The number of ether oxygens (including phenoxy) is 2. The number of rotatable bonds is 5. The molecule has 1 aliphatic carbocycles. The number of aryl methyl sites for hydroxylation is 2. The highest BCUT2D eigenvalue weighted by Crippen LogP contribution is 2.42. The maximum Gasteiger partial charge on any atom is 0.165 e. The molecule has 0 radical (unpaired) electrons. The highest BCUT2D eigenvalue weighted by molar-refractivity contribution is 5.71. The molecule has 4 heterocycles. The lowest BCUT2D eigenvalue weighted by Crippen LogP contribution is -2.16. The third-order valence-electron chi connectivity index (χ3n) is 6.53. The minimum Gasteiger partial charge on any atom is -0.493 e. The van der Waals surface area contributed by atoms with Crippen LogP contribution in [-0.4, -0.2) is 26.6 Å². The highest BCUT2D eigenvalue weighted by atomic mass is 16.5. The van der Waals surface area contributed by atoms with Gasteiger partial charge in [0.25, 0.3) is 0 Å². The summed E-state index contributed by atoms with van der Waals surface area (Å²) in [4.78, 5) is 13.7. The molecule has 1 aromatic carbocycles. The topological polar surface area (TPSA) is 62.1 Å². The fourth-order valence-electron chi connectivity index (χ4n) is 4.59. The Hall–Kier alpha value is -3.41. The molecule has 0 bridgehead atoms. The van der Waals surface area contributed by atoms with Gasteiger partial charge in [0.05, 0.1) is 20.0 Å². The number of hydrogen-bond acceptors (Lipinski definition) is 5. The number of hydrogen-bond donors (Lipinski definition) is 0. The molecule has 2 aliphatic rings. The minimum absolute atomic E-state index is 0.00203. The molecule has 0 N–H and O–H groups in total. The summed E-state index contributed by atoms with van der Waals surface area (Å²) in [5.74, 6) is 2.30. The highest BCUT2D eigenvalue weighted by Gasteiger charge is 2.26. The van der Waals surface area contributed by atoms with Crippen molar-refractivity contribution < 1.29 is 9.47 Å². The Labute approximate surface area is 187 Å². The van der Waals surface area contributed by atoms with Crippen LogP contribution < -0.4 is 9.47 Å². The lowest BCUT2D eigenvalue weighted by molar-refractivity contribution is 0.168. The zero-order valence-corrected chi connectivity index (χ0v) is 18.4. The molecule has 6 heteroatoms. The summed E-state index contributed by atoms with van der Waals surface area (Å²) < 4.78 is 14.2. The summed E-state index contributed by atoms with van der Waals surface area (Å²) >= 11 is 0. The van der Waals surface area contributed by atoms with Crippen LogP contribution in [0.15, 0.2) is 49.1 Å². The van der Waals surface area contributed by atoms with Crippen LogP contribution >= 0.6 is 0 Å². The monoisotopic (exact) mass is 426 g/mol.